The highest BCUT2D eigenvalue weighted by Crippen LogP contribution is 2.44. The molecule has 1 heterocycles. The average Bonchev–Trinajstić information content (AvgIpc) is 2.67. The molecule has 11 heteroatoms. The number of halogens is 4. The maximum absolute atomic E-state index is 13.9. The summed E-state index contributed by atoms with van der Waals surface area (Å²) in [6, 6.07) is 2.66. The van der Waals surface area contributed by atoms with Crippen molar-refractivity contribution in [3.8, 4) is 5.75 Å². The van der Waals surface area contributed by atoms with E-state index in [1.807, 2.05) is 0 Å². The summed E-state index contributed by atoms with van der Waals surface area (Å²) in [7, 11) is 0. The van der Waals surface area contributed by atoms with Crippen molar-refractivity contribution in [2.24, 2.45) is 0 Å². The van der Waals surface area contributed by atoms with E-state index in [9.17, 15) is 18.4 Å². The molecular weight excluding hydrogens is 441 g/mol. The SMILES string of the molecule is Nc1cc(Cl)c(NNc2cc(Cl)c(N)c3c2C(=O)CCO3)c2c1C(=O)C(F)(F)CC2. The van der Waals surface area contributed by atoms with E-state index in [4.69, 9.17) is 39.4 Å². The summed E-state index contributed by atoms with van der Waals surface area (Å²) in [5.41, 5.74) is 18.0. The number of nitrogens with two attached hydrogens (primary N) is 2. The Balaban J connectivity index is 1.75. The highest BCUT2D eigenvalue weighted by Gasteiger charge is 2.45. The van der Waals surface area contributed by atoms with Crippen LogP contribution >= 0.6 is 23.2 Å². The Labute approximate surface area is 179 Å². The second kappa shape index (κ2) is 7.17. The van der Waals surface area contributed by atoms with Crippen molar-refractivity contribution in [3.63, 3.8) is 0 Å². The lowest BCUT2D eigenvalue weighted by molar-refractivity contribution is 0.00219. The number of nitrogen functional groups attached to an aromatic ring is 2. The number of Topliss-reactive ketones (excluding diaryl/α,β-unsaturated/α-hetero) is 2. The molecule has 0 aromatic heterocycles. The maximum Gasteiger partial charge on any atom is 0.310 e. The molecule has 1 aliphatic heterocycles. The van der Waals surface area contributed by atoms with Gasteiger partial charge >= 0.3 is 5.92 Å². The van der Waals surface area contributed by atoms with Gasteiger partial charge in [0.15, 0.2) is 11.5 Å². The molecule has 6 N–H and O–H groups in total. The van der Waals surface area contributed by atoms with Gasteiger partial charge in [0.1, 0.15) is 0 Å². The monoisotopic (exact) mass is 456 g/mol. The van der Waals surface area contributed by atoms with Crippen molar-refractivity contribution in [1.82, 2.24) is 0 Å². The van der Waals surface area contributed by atoms with E-state index < -0.39 is 18.1 Å². The molecule has 0 radical (unpaired) electrons. The van der Waals surface area contributed by atoms with Gasteiger partial charge in [-0.1, -0.05) is 23.2 Å². The van der Waals surface area contributed by atoms with E-state index in [-0.39, 0.29) is 80.5 Å². The number of carbonyl (C=O) groups excluding carboxylic acids is 2. The predicted octanol–water partition coefficient (Wildman–Crippen LogP) is 4.33. The van der Waals surface area contributed by atoms with Crippen LogP contribution in [0.3, 0.4) is 0 Å². The van der Waals surface area contributed by atoms with Crippen LogP contribution in [0.25, 0.3) is 0 Å². The van der Waals surface area contributed by atoms with Crippen molar-refractivity contribution >= 4 is 57.5 Å². The second-order valence-electron chi connectivity index (χ2n) is 7.01. The molecule has 0 atom stereocenters. The van der Waals surface area contributed by atoms with Gasteiger partial charge in [0.2, 0.25) is 5.78 Å². The molecule has 0 amide bonds. The third-order valence-corrected chi connectivity index (χ3v) is 5.72. The number of nitrogens with one attached hydrogen (secondary N) is 2. The molecule has 7 nitrogen and oxygen atoms in total. The molecular formula is C19H16Cl2F2N4O3. The Kier molecular flexibility index (Phi) is 4.90. The predicted molar refractivity (Wildman–Crippen MR) is 111 cm³/mol. The summed E-state index contributed by atoms with van der Waals surface area (Å²) in [5, 5.41) is 0.280. The van der Waals surface area contributed by atoms with Crippen LogP contribution in [0.2, 0.25) is 10.0 Å². The minimum absolute atomic E-state index is 0.120. The third kappa shape index (κ3) is 3.18. The molecule has 0 saturated heterocycles. The van der Waals surface area contributed by atoms with Crippen molar-refractivity contribution in [2.45, 2.75) is 25.2 Å². The molecule has 0 saturated carbocycles. The number of ether oxygens (including phenoxy) is 1. The fraction of sp³-hybridized carbons (Fsp3) is 0.263. The topological polar surface area (TPSA) is 119 Å². The summed E-state index contributed by atoms with van der Waals surface area (Å²) < 4.78 is 33.3. The smallest absolute Gasteiger partial charge is 0.310 e. The quantitative estimate of drug-likeness (QED) is 0.400. The average molecular weight is 457 g/mol. The normalized spacial score (nSPS) is 17.1. The first kappa shape index (κ1) is 20.5. The van der Waals surface area contributed by atoms with Crippen LogP contribution in [0.15, 0.2) is 12.1 Å². The first-order valence-corrected chi connectivity index (χ1v) is 9.71. The van der Waals surface area contributed by atoms with E-state index in [0.29, 0.717) is 0 Å². The molecule has 1 aliphatic carbocycles. The summed E-state index contributed by atoms with van der Waals surface area (Å²) in [4.78, 5) is 24.6. The Morgan fingerprint density at radius 2 is 1.77 bits per heavy atom. The van der Waals surface area contributed by atoms with Crippen molar-refractivity contribution < 1.29 is 23.1 Å². The number of carbonyl (C=O) groups is 2. The lowest BCUT2D eigenvalue weighted by Crippen LogP contribution is -2.35. The fourth-order valence-corrected chi connectivity index (χ4v) is 4.10. The van der Waals surface area contributed by atoms with Crippen LogP contribution < -0.4 is 27.1 Å². The molecule has 2 aromatic rings. The van der Waals surface area contributed by atoms with Crippen molar-refractivity contribution in [1.29, 1.82) is 0 Å². The van der Waals surface area contributed by atoms with Gasteiger partial charge in [-0.05, 0) is 24.1 Å². The highest BCUT2D eigenvalue weighted by atomic mass is 35.5. The number of hydrogen-bond acceptors (Lipinski definition) is 7. The van der Waals surface area contributed by atoms with E-state index in [1.165, 1.54) is 12.1 Å². The van der Waals surface area contributed by atoms with Gasteiger partial charge in [-0.25, -0.2) is 0 Å². The van der Waals surface area contributed by atoms with Crippen LogP contribution in [0.1, 0.15) is 39.1 Å². The lowest BCUT2D eigenvalue weighted by atomic mass is 9.85. The summed E-state index contributed by atoms with van der Waals surface area (Å²) >= 11 is 12.4. The van der Waals surface area contributed by atoms with Crippen LogP contribution in [-0.4, -0.2) is 24.1 Å². The van der Waals surface area contributed by atoms with Gasteiger partial charge in [-0.15, -0.1) is 0 Å². The molecule has 30 heavy (non-hydrogen) atoms. The fourth-order valence-electron chi connectivity index (χ4n) is 3.62. The summed E-state index contributed by atoms with van der Waals surface area (Å²) in [5.74, 6) is -4.88. The van der Waals surface area contributed by atoms with Gasteiger partial charge in [0.05, 0.1) is 44.8 Å². The number of ketones is 2. The van der Waals surface area contributed by atoms with Crippen LogP contribution in [0, 0.1) is 0 Å². The number of benzene rings is 2. The van der Waals surface area contributed by atoms with Gasteiger partial charge in [0.25, 0.3) is 0 Å². The van der Waals surface area contributed by atoms with E-state index in [0.717, 1.165) is 0 Å². The number of alkyl halides is 2. The zero-order valence-corrected chi connectivity index (χ0v) is 16.9. The number of hydrazine groups is 1. The number of rotatable bonds is 3. The minimum Gasteiger partial charge on any atom is -0.490 e. The van der Waals surface area contributed by atoms with Gasteiger partial charge in [-0.3, -0.25) is 20.4 Å². The standard InChI is InChI=1S/C19H16Cl2F2N4O3/c20-8-6-11(14-12(28)2-4-30-17(14)15(8)25)26-27-16-7-1-3-19(22,23)18(29)13(7)10(24)5-9(16)21/h5-6,26-27H,1-4,24-25H2. The Bertz CT molecular complexity index is 1110. The first-order chi connectivity index (χ1) is 14.1. The highest BCUT2D eigenvalue weighted by molar-refractivity contribution is 6.35. The minimum atomic E-state index is -3.49. The van der Waals surface area contributed by atoms with Crippen LogP contribution in [-0.2, 0) is 6.42 Å². The number of fused-ring (bicyclic) bond motifs is 2. The lowest BCUT2D eigenvalue weighted by Gasteiger charge is -2.28. The Morgan fingerprint density at radius 1 is 1.03 bits per heavy atom. The molecule has 0 fully saturated rings. The molecule has 0 unspecified atom stereocenters. The van der Waals surface area contributed by atoms with Gasteiger partial charge in [-0.2, -0.15) is 8.78 Å². The van der Waals surface area contributed by atoms with Crippen LogP contribution in [0.5, 0.6) is 5.75 Å². The molecule has 2 aromatic carbocycles. The number of hydrogen-bond donors (Lipinski definition) is 4. The van der Waals surface area contributed by atoms with Crippen molar-refractivity contribution in [2.75, 3.05) is 28.9 Å². The molecule has 2 aliphatic rings. The summed E-state index contributed by atoms with van der Waals surface area (Å²) in [6.07, 6.45) is -0.626. The maximum atomic E-state index is 13.9. The van der Waals surface area contributed by atoms with E-state index in [1.54, 1.807) is 0 Å². The zero-order valence-electron chi connectivity index (χ0n) is 15.4. The Hall–Kier alpha value is -2.78. The summed E-state index contributed by atoms with van der Waals surface area (Å²) in [6.45, 7) is 0.177. The molecule has 158 valence electrons. The Morgan fingerprint density at radius 3 is 2.50 bits per heavy atom. The largest absolute Gasteiger partial charge is 0.490 e. The first-order valence-electron chi connectivity index (χ1n) is 8.95. The second-order valence-corrected chi connectivity index (χ2v) is 7.82. The molecule has 0 bridgehead atoms. The van der Waals surface area contributed by atoms with Gasteiger partial charge < -0.3 is 16.2 Å². The van der Waals surface area contributed by atoms with Crippen LogP contribution in [0.4, 0.5) is 31.5 Å². The van der Waals surface area contributed by atoms with Crippen molar-refractivity contribution in [3.05, 3.63) is 38.9 Å². The zero-order chi connectivity index (χ0) is 21.8. The third-order valence-electron chi connectivity index (χ3n) is 5.11. The van der Waals surface area contributed by atoms with E-state index in [2.05, 4.69) is 10.9 Å². The number of anilines is 4. The van der Waals surface area contributed by atoms with E-state index >= 15 is 0 Å². The van der Waals surface area contributed by atoms with Gasteiger partial charge in [0, 0.05) is 18.5 Å². The molecule has 4 rings (SSSR count). The molecule has 0 spiro atoms.